The van der Waals surface area contributed by atoms with Crippen molar-refractivity contribution < 1.29 is 28.7 Å². The summed E-state index contributed by atoms with van der Waals surface area (Å²) < 4.78 is 10.5. The summed E-state index contributed by atoms with van der Waals surface area (Å²) in [5, 5.41) is 2.47. The largest absolute Gasteiger partial charge is 0.464 e. The number of carbonyl (C=O) groups excluding carboxylic acids is 4. The quantitative estimate of drug-likeness (QED) is 0.485. The van der Waals surface area contributed by atoms with E-state index < -0.39 is 29.7 Å². The van der Waals surface area contributed by atoms with Crippen LogP contribution in [-0.2, 0) is 30.3 Å². The molecule has 194 valence electrons. The summed E-state index contributed by atoms with van der Waals surface area (Å²) in [6.07, 6.45) is 2.00. The third kappa shape index (κ3) is 8.76. The fourth-order valence-corrected chi connectivity index (χ4v) is 4.34. The minimum Gasteiger partial charge on any atom is -0.464 e. The zero-order valence-electron chi connectivity index (χ0n) is 21.2. The van der Waals surface area contributed by atoms with Crippen molar-refractivity contribution in [2.24, 2.45) is 0 Å². The van der Waals surface area contributed by atoms with Crippen molar-refractivity contribution in [1.29, 1.82) is 0 Å². The Morgan fingerprint density at radius 3 is 2.46 bits per heavy atom. The average Bonchev–Trinajstić information content (AvgIpc) is 2.80. The lowest BCUT2D eigenvalue weighted by Crippen LogP contribution is -2.63. The lowest BCUT2D eigenvalue weighted by atomic mass is 10.0. The molecule has 1 aliphatic rings. The van der Waals surface area contributed by atoms with Gasteiger partial charge in [0, 0.05) is 19.5 Å². The van der Waals surface area contributed by atoms with Crippen LogP contribution in [0.4, 0.5) is 4.79 Å². The van der Waals surface area contributed by atoms with E-state index in [0.29, 0.717) is 18.6 Å². The minimum atomic E-state index is -0.779. The van der Waals surface area contributed by atoms with Crippen LogP contribution >= 0.6 is 11.8 Å². The third-order valence-corrected chi connectivity index (χ3v) is 6.08. The van der Waals surface area contributed by atoms with Crippen LogP contribution in [0.5, 0.6) is 0 Å². The van der Waals surface area contributed by atoms with E-state index >= 15 is 0 Å². The van der Waals surface area contributed by atoms with Crippen LogP contribution in [-0.4, -0.2) is 89.6 Å². The molecule has 1 aromatic rings. The van der Waals surface area contributed by atoms with Gasteiger partial charge in [0.05, 0.1) is 6.61 Å². The molecule has 2 rings (SSSR count). The molecule has 0 aliphatic carbocycles. The first-order valence-electron chi connectivity index (χ1n) is 11.8. The predicted octanol–water partition coefficient (Wildman–Crippen LogP) is 2.48. The van der Waals surface area contributed by atoms with Crippen molar-refractivity contribution >= 4 is 35.6 Å². The van der Waals surface area contributed by atoms with E-state index in [1.807, 2.05) is 36.6 Å². The van der Waals surface area contributed by atoms with Gasteiger partial charge in [-0.05, 0) is 51.7 Å². The fraction of sp³-hybridized carbons (Fsp3) is 0.600. The van der Waals surface area contributed by atoms with Crippen LogP contribution in [0.25, 0.3) is 0 Å². The van der Waals surface area contributed by atoms with E-state index in [1.54, 1.807) is 44.4 Å². The molecule has 2 atom stereocenters. The Hall–Kier alpha value is -2.75. The average molecular weight is 508 g/mol. The van der Waals surface area contributed by atoms with Crippen LogP contribution in [0.15, 0.2) is 30.3 Å². The Bertz CT molecular complexity index is 874. The van der Waals surface area contributed by atoms with Crippen LogP contribution in [0.1, 0.15) is 39.7 Å². The lowest BCUT2D eigenvalue weighted by molar-refractivity contribution is -0.162. The maximum Gasteiger partial charge on any atom is 0.408 e. The Balaban J connectivity index is 2.18. The second kappa shape index (κ2) is 13.4. The smallest absolute Gasteiger partial charge is 0.408 e. The van der Waals surface area contributed by atoms with Crippen molar-refractivity contribution in [2.45, 2.75) is 58.2 Å². The number of nitrogens with one attached hydrogen (secondary N) is 1. The highest BCUT2D eigenvalue weighted by Gasteiger charge is 2.42. The number of ether oxygens (including phenoxy) is 2. The second-order valence-electron chi connectivity index (χ2n) is 9.23. The molecule has 9 nitrogen and oxygen atoms in total. The van der Waals surface area contributed by atoms with E-state index in [4.69, 9.17) is 9.47 Å². The molecule has 1 aliphatic heterocycles. The number of thioether (sulfide) groups is 1. The first kappa shape index (κ1) is 28.5. The monoisotopic (exact) mass is 507 g/mol. The van der Waals surface area contributed by atoms with Crippen LogP contribution < -0.4 is 5.32 Å². The summed E-state index contributed by atoms with van der Waals surface area (Å²) in [4.78, 5) is 54.5. The van der Waals surface area contributed by atoms with E-state index in [1.165, 1.54) is 4.90 Å². The van der Waals surface area contributed by atoms with Crippen molar-refractivity contribution in [3.8, 4) is 0 Å². The SMILES string of the molecule is CCOC(=O)[C@@H](Cc1ccccc1)N1CCN(C(=O)CNC(=O)OC(C)(C)C)[C@@H](CCSC)C1=O. The first-order valence-corrected chi connectivity index (χ1v) is 13.2. The Kier molecular flexibility index (Phi) is 10.9. The van der Waals surface area contributed by atoms with Gasteiger partial charge in [0.1, 0.15) is 24.2 Å². The number of carbonyl (C=O) groups is 4. The molecule has 0 radical (unpaired) electrons. The highest BCUT2D eigenvalue weighted by Crippen LogP contribution is 2.21. The van der Waals surface area contributed by atoms with E-state index in [-0.39, 0.29) is 38.1 Å². The number of rotatable bonds is 10. The number of hydrogen-bond donors (Lipinski definition) is 1. The molecule has 0 bridgehead atoms. The molecule has 1 aromatic carbocycles. The summed E-state index contributed by atoms with van der Waals surface area (Å²) in [6.45, 7) is 7.33. The summed E-state index contributed by atoms with van der Waals surface area (Å²) >= 11 is 1.57. The van der Waals surface area contributed by atoms with E-state index in [2.05, 4.69) is 5.32 Å². The predicted molar refractivity (Wildman–Crippen MR) is 135 cm³/mol. The van der Waals surface area contributed by atoms with Crippen molar-refractivity contribution in [2.75, 3.05) is 38.2 Å². The molecule has 1 N–H and O–H groups in total. The van der Waals surface area contributed by atoms with Gasteiger partial charge in [-0.3, -0.25) is 9.59 Å². The highest BCUT2D eigenvalue weighted by molar-refractivity contribution is 7.98. The second-order valence-corrected chi connectivity index (χ2v) is 10.2. The normalized spacial score (nSPS) is 17.1. The van der Waals surface area contributed by atoms with Crippen LogP contribution in [0.2, 0.25) is 0 Å². The number of amides is 3. The molecule has 0 aromatic heterocycles. The fourth-order valence-electron chi connectivity index (χ4n) is 3.88. The van der Waals surface area contributed by atoms with E-state index in [9.17, 15) is 19.2 Å². The number of alkyl carbamates (subject to hydrolysis) is 1. The van der Waals surface area contributed by atoms with Crippen molar-refractivity contribution in [1.82, 2.24) is 15.1 Å². The Labute approximate surface area is 211 Å². The molecule has 0 spiro atoms. The summed E-state index contributed by atoms with van der Waals surface area (Å²) in [5.74, 6) is -0.452. The molecular formula is C25H37N3O6S. The molecule has 3 amide bonds. The van der Waals surface area contributed by atoms with Crippen LogP contribution in [0, 0.1) is 0 Å². The van der Waals surface area contributed by atoms with Gasteiger partial charge in [-0.2, -0.15) is 11.8 Å². The summed E-state index contributed by atoms with van der Waals surface area (Å²) in [7, 11) is 0. The zero-order valence-corrected chi connectivity index (χ0v) is 22.1. The molecule has 0 saturated carbocycles. The minimum absolute atomic E-state index is 0.198. The summed E-state index contributed by atoms with van der Waals surface area (Å²) in [6, 6.07) is 7.97. The van der Waals surface area contributed by atoms with Gasteiger partial charge in [-0.1, -0.05) is 30.3 Å². The molecule has 1 fully saturated rings. The van der Waals surface area contributed by atoms with Gasteiger partial charge in [-0.15, -0.1) is 0 Å². The molecule has 1 saturated heterocycles. The standard InChI is InChI=1S/C25H37N3O6S/c1-6-33-23(31)20(16-18-10-8-7-9-11-18)28-14-13-27(19(22(28)30)12-15-35-5)21(29)17-26-24(32)34-25(2,3)4/h7-11,19-20H,6,12-17H2,1-5H3,(H,26,32)/t19-,20+/m0/s1. The van der Waals surface area contributed by atoms with Gasteiger partial charge in [0.15, 0.2) is 0 Å². The lowest BCUT2D eigenvalue weighted by Gasteiger charge is -2.43. The highest BCUT2D eigenvalue weighted by atomic mass is 32.2. The molecular weight excluding hydrogens is 470 g/mol. The topological polar surface area (TPSA) is 105 Å². The maximum absolute atomic E-state index is 13.6. The number of esters is 1. The number of piperazine rings is 1. The molecule has 35 heavy (non-hydrogen) atoms. The molecule has 0 unspecified atom stereocenters. The number of benzene rings is 1. The Morgan fingerprint density at radius 1 is 1.17 bits per heavy atom. The van der Waals surface area contributed by atoms with Gasteiger partial charge in [0.2, 0.25) is 11.8 Å². The Morgan fingerprint density at radius 2 is 1.86 bits per heavy atom. The maximum atomic E-state index is 13.6. The van der Waals surface area contributed by atoms with Gasteiger partial charge >= 0.3 is 12.1 Å². The number of hydrogen-bond acceptors (Lipinski definition) is 7. The zero-order chi connectivity index (χ0) is 26.0. The number of nitrogens with zero attached hydrogens (tertiary/aromatic N) is 2. The van der Waals surface area contributed by atoms with Gasteiger partial charge in [0.25, 0.3) is 0 Å². The summed E-state index contributed by atoms with van der Waals surface area (Å²) in [5.41, 5.74) is 0.232. The first-order chi connectivity index (χ1) is 16.6. The van der Waals surface area contributed by atoms with Gasteiger partial charge in [-0.25, -0.2) is 9.59 Å². The molecule has 1 heterocycles. The molecule has 10 heteroatoms. The van der Waals surface area contributed by atoms with Crippen molar-refractivity contribution in [3.05, 3.63) is 35.9 Å². The third-order valence-electron chi connectivity index (χ3n) is 5.43. The van der Waals surface area contributed by atoms with E-state index in [0.717, 1.165) is 5.56 Å². The van der Waals surface area contributed by atoms with Crippen molar-refractivity contribution in [3.63, 3.8) is 0 Å². The van der Waals surface area contributed by atoms with Gasteiger partial charge < -0.3 is 24.6 Å². The van der Waals surface area contributed by atoms with Crippen LogP contribution in [0.3, 0.4) is 0 Å².